The van der Waals surface area contributed by atoms with Gasteiger partial charge in [-0.05, 0) is 30.3 Å². The first-order valence-corrected chi connectivity index (χ1v) is 5.58. The van der Waals surface area contributed by atoms with Crippen molar-refractivity contribution in [3.63, 3.8) is 0 Å². The Kier molecular flexibility index (Phi) is 2.59. The summed E-state index contributed by atoms with van der Waals surface area (Å²) in [5.74, 6) is -0.943. The van der Waals surface area contributed by atoms with Gasteiger partial charge in [-0.1, -0.05) is 6.07 Å². The van der Waals surface area contributed by atoms with E-state index in [0.29, 0.717) is 11.8 Å². The first-order valence-electron chi connectivity index (χ1n) is 5.58. The number of carbonyl (C=O) groups excluding carboxylic acids is 1. The lowest BCUT2D eigenvalue weighted by Gasteiger charge is -2.02. The number of fused-ring (bicyclic) bond motifs is 1. The summed E-state index contributed by atoms with van der Waals surface area (Å²) < 4.78 is 28.6. The van der Waals surface area contributed by atoms with Crippen molar-refractivity contribution >= 4 is 11.8 Å². The molecular weight excluding hydrogens is 250 g/mol. The molecule has 0 radical (unpaired) electrons. The van der Waals surface area contributed by atoms with Gasteiger partial charge in [-0.2, -0.15) is 0 Å². The topological polar surface area (TPSA) is 34.4 Å². The van der Waals surface area contributed by atoms with E-state index in [1.807, 2.05) is 0 Å². The van der Waals surface area contributed by atoms with Gasteiger partial charge in [0.2, 0.25) is 0 Å². The van der Waals surface area contributed by atoms with Crippen LogP contribution in [0.15, 0.2) is 42.6 Å². The lowest BCUT2D eigenvalue weighted by molar-refractivity contribution is 0.112. The smallest absolute Gasteiger partial charge is 0.170 e. The Morgan fingerprint density at radius 2 is 2.00 bits per heavy atom. The summed E-state index contributed by atoms with van der Waals surface area (Å²) in [6.07, 6.45) is 2.24. The highest BCUT2D eigenvalue weighted by molar-refractivity contribution is 5.86. The number of imidazole rings is 1. The van der Waals surface area contributed by atoms with Crippen LogP contribution in [0.5, 0.6) is 0 Å². The number of aldehydes is 1. The summed E-state index contributed by atoms with van der Waals surface area (Å²) in [5.41, 5.74) is 0.768. The molecule has 5 heteroatoms. The van der Waals surface area contributed by atoms with Crippen molar-refractivity contribution in [2.24, 2.45) is 0 Å². The van der Waals surface area contributed by atoms with Gasteiger partial charge in [-0.3, -0.25) is 9.20 Å². The number of halogens is 2. The Morgan fingerprint density at radius 3 is 2.79 bits per heavy atom. The van der Waals surface area contributed by atoms with Crippen LogP contribution in [0.2, 0.25) is 0 Å². The third kappa shape index (κ3) is 1.79. The van der Waals surface area contributed by atoms with Crippen LogP contribution in [0.3, 0.4) is 0 Å². The molecule has 3 rings (SSSR count). The standard InChI is InChI=1S/C14H8F2N2O/c15-9-4-5-11(16)10(7-9)14-17-12(8-19)13-3-1-2-6-18(13)14/h1-8H. The Balaban J connectivity index is 2.36. The molecule has 3 aromatic rings. The molecule has 0 bridgehead atoms. The minimum Gasteiger partial charge on any atom is -0.299 e. The third-order valence-corrected chi connectivity index (χ3v) is 2.86. The van der Waals surface area contributed by atoms with Gasteiger partial charge >= 0.3 is 0 Å². The van der Waals surface area contributed by atoms with Gasteiger partial charge in [0.05, 0.1) is 11.1 Å². The van der Waals surface area contributed by atoms with Crippen molar-refractivity contribution in [3.8, 4) is 11.4 Å². The molecule has 0 aliphatic carbocycles. The molecule has 0 unspecified atom stereocenters. The van der Waals surface area contributed by atoms with Gasteiger partial charge < -0.3 is 0 Å². The molecular formula is C14H8F2N2O. The van der Waals surface area contributed by atoms with Crippen molar-refractivity contribution < 1.29 is 13.6 Å². The molecule has 0 saturated carbocycles. The summed E-state index contributed by atoms with van der Waals surface area (Å²) in [6.45, 7) is 0. The Bertz CT molecular complexity index is 780. The highest BCUT2D eigenvalue weighted by Crippen LogP contribution is 2.25. The number of pyridine rings is 1. The first kappa shape index (κ1) is 11.5. The molecule has 0 fully saturated rings. The lowest BCUT2D eigenvalue weighted by atomic mass is 10.2. The van der Waals surface area contributed by atoms with Crippen molar-refractivity contribution in [1.82, 2.24) is 9.38 Å². The Morgan fingerprint density at radius 1 is 1.16 bits per heavy atom. The van der Waals surface area contributed by atoms with Gasteiger partial charge in [0.25, 0.3) is 0 Å². The summed E-state index contributed by atoms with van der Waals surface area (Å²) in [5, 5.41) is 0. The molecule has 1 aromatic carbocycles. The maximum atomic E-state index is 13.8. The Hall–Kier alpha value is -2.56. The predicted octanol–water partition coefficient (Wildman–Crippen LogP) is 3.09. The van der Waals surface area contributed by atoms with E-state index in [0.717, 1.165) is 18.2 Å². The van der Waals surface area contributed by atoms with Crippen LogP contribution >= 0.6 is 0 Å². The fourth-order valence-electron chi connectivity index (χ4n) is 2.01. The largest absolute Gasteiger partial charge is 0.299 e. The molecule has 3 nitrogen and oxygen atoms in total. The zero-order valence-corrected chi connectivity index (χ0v) is 9.68. The molecule has 0 saturated heterocycles. The fourth-order valence-corrected chi connectivity index (χ4v) is 2.01. The number of carbonyl (C=O) groups is 1. The number of nitrogens with zero attached hydrogens (tertiary/aromatic N) is 2. The van der Waals surface area contributed by atoms with Gasteiger partial charge in [-0.25, -0.2) is 13.8 Å². The van der Waals surface area contributed by atoms with Crippen molar-refractivity contribution in [2.45, 2.75) is 0 Å². The maximum Gasteiger partial charge on any atom is 0.170 e. The molecule has 0 aliphatic heterocycles. The zero-order chi connectivity index (χ0) is 13.4. The maximum absolute atomic E-state index is 13.8. The number of aromatic nitrogens is 2. The quantitative estimate of drug-likeness (QED) is 0.662. The van der Waals surface area contributed by atoms with Crippen LogP contribution in [0, 0.1) is 11.6 Å². The number of hydrogen-bond acceptors (Lipinski definition) is 2. The van der Waals surface area contributed by atoms with Crippen LogP contribution in [0.1, 0.15) is 10.5 Å². The average Bonchev–Trinajstić information content (AvgIpc) is 2.80. The summed E-state index contributed by atoms with van der Waals surface area (Å²) in [6, 6.07) is 8.30. The summed E-state index contributed by atoms with van der Waals surface area (Å²) in [4.78, 5) is 15.0. The van der Waals surface area contributed by atoms with Crippen molar-refractivity contribution in [3.05, 3.63) is 59.9 Å². The molecule has 0 spiro atoms. The lowest BCUT2D eigenvalue weighted by Crippen LogP contribution is -1.92. The molecule has 0 atom stereocenters. The SMILES string of the molecule is O=Cc1nc(-c2cc(F)ccc2F)n2ccccc12. The van der Waals surface area contributed by atoms with Gasteiger partial charge in [0.15, 0.2) is 6.29 Å². The van der Waals surface area contributed by atoms with E-state index in [1.54, 1.807) is 28.8 Å². The highest BCUT2D eigenvalue weighted by Gasteiger charge is 2.15. The number of hydrogen-bond donors (Lipinski definition) is 0. The van der Waals surface area contributed by atoms with E-state index >= 15 is 0 Å². The normalized spacial score (nSPS) is 10.8. The third-order valence-electron chi connectivity index (χ3n) is 2.86. The van der Waals surface area contributed by atoms with Gasteiger partial charge in [-0.15, -0.1) is 0 Å². The van der Waals surface area contributed by atoms with Crippen molar-refractivity contribution in [1.29, 1.82) is 0 Å². The number of rotatable bonds is 2. The second kappa shape index (κ2) is 4.28. The minimum atomic E-state index is -0.588. The van der Waals surface area contributed by atoms with Gasteiger partial charge in [0, 0.05) is 6.20 Å². The second-order valence-corrected chi connectivity index (χ2v) is 4.02. The van der Waals surface area contributed by atoms with Crippen LogP contribution in [0.25, 0.3) is 16.9 Å². The molecule has 19 heavy (non-hydrogen) atoms. The Labute approximate surface area is 107 Å². The monoisotopic (exact) mass is 258 g/mol. The van der Waals surface area contributed by atoms with Crippen LogP contribution in [-0.2, 0) is 0 Å². The molecule has 0 aliphatic rings. The molecule has 2 heterocycles. The predicted molar refractivity (Wildman–Crippen MR) is 65.9 cm³/mol. The number of benzene rings is 1. The summed E-state index contributed by atoms with van der Waals surface area (Å²) in [7, 11) is 0. The average molecular weight is 258 g/mol. The van der Waals surface area contributed by atoms with E-state index in [-0.39, 0.29) is 17.1 Å². The summed E-state index contributed by atoms with van der Waals surface area (Å²) >= 11 is 0. The van der Waals surface area contributed by atoms with E-state index in [1.165, 1.54) is 0 Å². The molecule has 0 amide bonds. The minimum absolute atomic E-state index is 0.0225. The molecule has 0 N–H and O–H groups in total. The molecule has 2 aromatic heterocycles. The zero-order valence-electron chi connectivity index (χ0n) is 9.68. The van der Waals surface area contributed by atoms with E-state index in [2.05, 4.69) is 4.98 Å². The van der Waals surface area contributed by atoms with Gasteiger partial charge in [0.1, 0.15) is 23.2 Å². The van der Waals surface area contributed by atoms with Crippen LogP contribution < -0.4 is 0 Å². The highest BCUT2D eigenvalue weighted by atomic mass is 19.1. The van der Waals surface area contributed by atoms with Crippen molar-refractivity contribution in [2.75, 3.05) is 0 Å². The van der Waals surface area contributed by atoms with E-state index < -0.39 is 11.6 Å². The van der Waals surface area contributed by atoms with Crippen LogP contribution in [0.4, 0.5) is 8.78 Å². The first-order chi connectivity index (χ1) is 9.20. The fraction of sp³-hybridized carbons (Fsp3) is 0. The molecule has 94 valence electrons. The van der Waals surface area contributed by atoms with Crippen LogP contribution in [-0.4, -0.2) is 15.7 Å². The van der Waals surface area contributed by atoms with E-state index in [4.69, 9.17) is 0 Å². The second-order valence-electron chi connectivity index (χ2n) is 4.02. The van der Waals surface area contributed by atoms with E-state index in [9.17, 15) is 13.6 Å².